The molecule has 1 fully saturated rings. The SMILES string of the molecule is C[N+]1(CCC(=O)O)CCCCC1.[Br-]. The molecule has 0 amide bonds. The molecule has 13 heavy (non-hydrogen) atoms. The Kier molecular flexibility index (Phi) is 5.56. The highest BCUT2D eigenvalue weighted by Gasteiger charge is 2.24. The number of carboxylic acid groups (broad SMARTS) is 1. The summed E-state index contributed by atoms with van der Waals surface area (Å²) in [6.07, 6.45) is 4.16. The number of nitrogens with zero attached hydrogens (tertiary/aromatic N) is 1. The molecule has 0 spiro atoms. The van der Waals surface area contributed by atoms with Gasteiger partial charge < -0.3 is 26.6 Å². The molecule has 0 aromatic rings. The summed E-state index contributed by atoms with van der Waals surface area (Å²) in [6.45, 7) is 3.12. The van der Waals surface area contributed by atoms with E-state index in [1.165, 1.54) is 19.3 Å². The Balaban J connectivity index is 0.00000144. The molecule has 0 bridgehead atoms. The zero-order chi connectivity index (χ0) is 9.03. The standard InChI is InChI=1S/C9H17NO2.BrH/c1-10(8-5-9(11)12)6-3-2-4-7-10;/h2-8H2,1H3;1H. The number of carbonyl (C=O) groups is 1. The molecule has 0 atom stereocenters. The van der Waals surface area contributed by atoms with Crippen molar-refractivity contribution in [2.45, 2.75) is 25.7 Å². The minimum atomic E-state index is -0.667. The van der Waals surface area contributed by atoms with Gasteiger partial charge in [-0.15, -0.1) is 0 Å². The zero-order valence-electron chi connectivity index (χ0n) is 8.13. The van der Waals surface area contributed by atoms with Crippen LogP contribution in [0.15, 0.2) is 0 Å². The van der Waals surface area contributed by atoms with Crippen molar-refractivity contribution in [3.05, 3.63) is 0 Å². The van der Waals surface area contributed by atoms with Gasteiger partial charge in [-0.2, -0.15) is 0 Å². The van der Waals surface area contributed by atoms with Crippen molar-refractivity contribution in [3.63, 3.8) is 0 Å². The predicted octanol–water partition coefficient (Wildman–Crippen LogP) is -1.90. The Hall–Kier alpha value is -0.0900. The van der Waals surface area contributed by atoms with E-state index in [4.69, 9.17) is 5.11 Å². The van der Waals surface area contributed by atoms with E-state index in [1.54, 1.807) is 0 Å². The Bertz CT molecular complexity index is 167. The molecule has 1 N–H and O–H groups in total. The van der Waals surface area contributed by atoms with Crippen LogP contribution in [0.3, 0.4) is 0 Å². The van der Waals surface area contributed by atoms with E-state index in [-0.39, 0.29) is 17.0 Å². The molecule has 1 aliphatic heterocycles. The van der Waals surface area contributed by atoms with E-state index in [0.29, 0.717) is 6.42 Å². The van der Waals surface area contributed by atoms with Gasteiger partial charge in [0.05, 0.1) is 33.1 Å². The van der Waals surface area contributed by atoms with Crippen LogP contribution >= 0.6 is 0 Å². The average molecular weight is 252 g/mol. The van der Waals surface area contributed by atoms with Gasteiger partial charge in [0.2, 0.25) is 0 Å². The van der Waals surface area contributed by atoms with Crippen LogP contribution in [-0.4, -0.2) is 42.2 Å². The molecule has 0 aliphatic carbocycles. The Morgan fingerprint density at radius 3 is 2.31 bits per heavy atom. The molecule has 1 rings (SSSR count). The summed E-state index contributed by atoms with van der Waals surface area (Å²) in [4.78, 5) is 10.4. The van der Waals surface area contributed by atoms with Crippen LogP contribution in [0, 0.1) is 0 Å². The molecule has 0 saturated carbocycles. The largest absolute Gasteiger partial charge is 1.00 e. The third-order valence-corrected chi connectivity index (χ3v) is 2.76. The third-order valence-electron chi connectivity index (χ3n) is 2.76. The van der Waals surface area contributed by atoms with Crippen molar-refractivity contribution in [2.24, 2.45) is 0 Å². The highest BCUT2D eigenvalue weighted by molar-refractivity contribution is 5.66. The van der Waals surface area contributed by atoms with Crippen molar-refractivity contribution < 1.29 is 31.4 Å². The highest BCUT2D eigenvalue weighted by Crippen LogP contribution is 2.16. The summed E-state index contributed by atoms with van der Waals surface area (Å²) < 4.78 is 0.965. The molecule has 0 aromatic heterocycles. The number of likely N-dealkylation sites (tertiary alicyclic amines) is 1. The summed E-state index contributed by atoms with van der Waals surface area (Å²) in [7, 11) is 2.17. The lowest BCUT2D eigenvalue weighted by Gasteiger charge is -2.37. The van der Waals surface area contributed by atoms with Gasteiger partial charge in [0, 0.05) is 0 Å². The van der Waals surface area contributed by atoms with Gasteiger partial charge in [-0.1, -0.05) is 0 Å². The maximum atomic E-state index is 10.4. The second-order valence-electron chi connectivity index (χ2n) is 3.99. The van der Waals surface area contributed by atoms with Crippen LogP contribution in [0.4, 0.5) is 0 Å². The molecule has 0 aromatic carbocycles. The number of rotatable bonds is 3. The van der Waals surface area contributed by atoms with Gasteiger partial charge in [-0.3, -0.25) is 4.79 Å². The molecule has 3 nitrogen and oxygen atoms in total. The fourth-order valence-electron chi connectivity index (χ4n) is 1.86. The second kappa shape index (κ2) is 5.60. The molecular weight excluding hydrogens is 234 g/mol. The molecular formula is C9H18BrNO2. The van der Waals surface area contributed by atoms with Gasteiger partial charge in [-0.05, 0) is 19.3 Å². The number of carboxylic acids is 1. The quantitative estimate of drug-likeness (QED) is 0.595. The van der Waals surface area contributed by atoms with Gasteiger partial charge in [-0.25, -0.2) is 0 Å². The maximum Gasteiger partial charge on any atom is 0.309 e. The molecule has 1 heterocycles. The average Bonchev–Trinajstić information content (AvgIpc) is 2.03. The van der Waals surface area contributed by atoms with Gasteiger partial charge in [0.25, 0.3) is 0 Å². The van der Waals surface area contributed by atoms with Crippen LogP contribution < -0.4 is 17.0 Å². The molecule has 1 aliphatic rings. The summed E-state index contributed by atoms with van der Waals surface area (Å²) in [5.41, 5.74) is 0. The third kappa shape index (κ3) is 4.62. The van der Waals surface area contributed by atoms with Crippen LogP contribution in [0.2, 0.25) is 0 Å². The first-order chi connectivity index (χ1) is 5.62. The van der Waals surface area contributed by atoms with Gasteiger partial charge in [0.1, 0.15) is 0 Å². The Morgan fingerprint density at radius 1 is 1.31 bits per heavy atom. The monoisotopic (exact) mass is 251 g/mol. The molecule has 0 unspecified atom stereocenters. The lowest BCUT2D eigenvalue weighted by atomic mass is 10.1. The van der Waals surface area contributed by atoms with Crippen molar-refractivity contribution in [1.82, 2.24) is 0 Å². The van der Waals surface area contributed by atoms with E-state index >= 15 is 0 Å². The van der Waals surface area contributed by atoms with Crippen molar-refractivity contribution in [3.8, 4) is 0 Å². The van der Waals surface area contributed by atoms with E-state index < -0.39 is 5.97 Å². The molecule has 78 valence electrons. The molecule has 4 heteroatoms. The van der Waals surface area contributed by atoms with Gasteiger partial charge in [0.15, 0.2) is 0 Å². The fourth-order valence-corrected chi connectivity index (χ4v) is 1.86. The van der Waals surface area contributed by atoms with Crippen LogP contribution in [0.1, 0.15) is 25.7 Å². The number of piperidine rings is 1. The predicted molar refractivity (Wildman–Crippen MR) is 46.9 cm³/mol. The van der Waals surface area contributed by atoms with E-state index in [1.807, 2.05) is 0 Å². The Morgan fingerprint density at radius 2 is 1.85 bits per heavy atom. The first-order valence-corrected chi connectivity index (χ1v) is 4.68. The zero-order valence-corrected chi connectivity index (χ0v) is 9.72. The number of hydrogen-bond donors (Lipinski definition) is 1. The topological polar surface area (TPSA) is 37.3 Å². The van der Waals surface area contributed by atoms with Crippen molar-refractivity contribution in [2.75, 3.05) is 26.7 Å². The minimum absolute atomic E-state index is 0. The lowest BCUT2D eigenvalue weighted by Crippen LogP contribution is -3.00. The van der Waals surface area contributed by atoms with Crippen LogP contribution in [0.5, 0.6) is 0 Å². The number of quaternary nitrogens is 1. The Labute approximate surface area is 90.1 Å². The van der Waals surface area contributed by atoms with Crippen molar-refractivity contribution >= 4 is 5.97 Å². The highest BCUT2D eigenvalue weighted by atomic mass is 79.9. The summed E-state index contributed by atoms with van der Waals surface area (Å²) in [5, 5.41) is 8.55. The molecule has 1 saturated heterocycles. The smallest absolute Gasteiger partial charge is 0.309 e. The van der Waals surface area contributed by atoms with Crippen molar-refractivity contribution in [1.29, 1.82) is 0 Å². The van der Waals surface area contributed by atoms with E-state index in [2.05, 4.69) is 7.05 Å². The van der Waals surface area contributed by atoms with E-state index in [9.17, 15) is 4.79 Å². The normalized spacial score (nSPS) is 20.4. The van der Waals surface area contributed by atoms with Gasteiger partial charge >= 0.3 is 5.97 Å². The fraction of sp³-hybridized carbons (Fsp3) is 0.889. The second-order valence-corrected chi connectivity index (χ2v) is 3.99. The number of hydrogen-bond acceptors (Lipinski definition) is 1. The van der Waals surface area contributed by atoms with Crippen LogP contribution in [0.25, 0.3) is 0 Å². The number of aliphatic carboxylic acids is 1. The summed E-state index contributed by atoms with van der Waals surface area (Å²) >= 11 is 0. The first kappa shape index (κ1) is 12.9. The maximum absolute atomic E-state index is 10.4. The minimum Gasteiger partial charge on any atom is -1.00 e. The molecule has 0 radical (unpaired) electrons. The summed E-state index contributed by atoms with van der Waals surface area (Å²) in [6, 6.07) is 0. The van der Waals surface area contributed by atoms with E-state index in [0.717, 1.165) is 24.1 Å². The lowest BCUT2D eigenvalue weighted by molar-refractivity contribution is -0.913. The summed E-state index contributed by atoms with van der Waals surface area (Å²) in [5.74, 6) is -0.667. The van der Waals surface area contributed by atoms with Crippen LogP contribution in [-0.2, 0) is 4.79 Å². The first-order valence-electron chi connectivity index (χ1n) is 4.68. The number of halogens is 1.